The van der Waals surface area contributed by atoms with Gasteiger partial charge in [-0.05, 0) is 31.2 Å². The fourth-order valence-corrected chi connectivity index (χ4v) is 4.23. The van der Waals surface area contributed by atoms with E-state index in [-0.39, 0.29) is 23.0 Å². The number of nitro benzene ring substituents is 1. The Morgan fingerprint density at radius 1 is 1.10 bits per heavy atom. The van der Waals surface area contributed by atoms with Crippen LogP contribution in [0.2, 0.25) is 0 Å². The highest BCUT2D eigenvalue weighted by atomic mass is 32.1. The number of rotatable bonds is 3. The van der Waals surface area contributed by atoms with Crippen LogP contribution in [-0.4, -0.2) is 20.1 Å². The van der Waals surface area contributed by atoms with Crippen molar-refractivity contribution in [3.8, 4) is 22.2 Å². The first-order valence-electron chi connectivity index (χ1n) is 8.68. The molecule has 5 rings (SSSR count). The molecule has 0 fully saturated rings. The molecule has 3 aromatic heterocycles. The number of pyridine rings is 1. The van der Waals surface area contributed by atoms with E-state index in [1.807, 2.05) is 25.1 Å². The molecule has 0 saturated carbocycles. The first kappa shape index (κ1) is 17.3. The van der Waals surface area contributed by atoms with Gasteiger partial charge in [-0.25, -0.2) is 4.98 Å². The first-order chi connectivity index (χ1) is 14.0. The van der Waals surface area contributed by atoms with Gasteiger partial charge in [0.05, 0.1) is 16.1 Å². The number of hydrogen-bond acceptors (Lipinski definition) is 8. The van der Waals surface area contributed by atoms with E-state index in [0.29, 0.717) is 10.6 Å². The number of nitrogen functional groups attached to an aromatic ring is 1. The molecule has 29 heavy (non-hydrogen) atoms. The van der Waals surface area contributed by atoms with Gasteiger partial charge in [-0.1, -0.05) is 23.8 Å². The minimum Gasteiger partial charge on any atom is -0.415 e. The van der Waals surface area contributed by atoms with Crippen LogP contribution >= 0.6 is 11.3 Å². The molecule has 0 aliphatic rings. The summed E-state index contributed by atoms with van der Waals surface area (Å²) in [6, 6.07) is 14.3. The lowest BCUT2D eigenvalue weighted by Crippen LogP contribution is -1.91. The molecule has 0 unspecified atom stereocenters. The van der Waals surface area contributed by atoms with Crippen LogP contribution in [0.5, 0.6) is 0 Å². The number of nitro groups is 1. The second-order valence-corrected chi connectivity index (χ2v) is 7.57. The van der Waals surface area contributed by atoms with Gasteiger partial charge < -0.3 is 10.2 Å². The summed E-state index contributed by atoms with van der Waals surface area (Å²) in [6.45, 7) is 2.02. The molecule has 0 aliphatic heterocycles. The zero-order valence-electron chi connectivity index (χ0n) is 15.1. The number of para-hydroxylation sites is 1. The molecule has 0 bridgehead atoms. The fraction of sp³-hybridized carbons (Fsp3) is 0.0500. The highest BCUT2D eigenvalue weighted by Crippen LogP contribution is 2.41. The summed E-state index contributed by atoms with van der Waals surface area (Å²) in [5, 5.41) is 21.1. The van der Waals surface area contributed by atoms with Crippen LogP contribution in [0, 0.1) is 17.0 Å². The number of anilines is 1. The van der Waals surface area contributed by atoms with Gasteiger partial charge in [-0.15, -0.1) is 21.5 Å². The standard InChI is InChI=1S/C20H13N5O3S/c1-10-6-7-14-11(8-10)9-13-16(21)17(29-20(13)22-14)19-24-23-18(28-19)12-4-2-3-5-15(12)25(26)27/h2-9H,21H2,1H3. The highest BCUT2D eigenvalue weighted by Gasteiger charge is 2.23. The van der Waals surface area contributed by atoms with Crippen molar-refractivity contribution in [2.75, 3.05) is 5.73 Å². The van der Waals surface area contributed by atoms with Gasteiger partial charge in [0.1, 0.15) is 15.3 Å². The molecular formula is C20H13N5O3S. The minimum atomic E-state index is -0.482. The third kappa shape index (κ3) is 2.79. The molecule has 0 aliphatic carbocycles. The highest BCUT2D eigenvalue weighted by molar-refractivity contribution is 7.22. The summed E-state index contributed by atoms with van der Waals surface area (Å²) in [7, 11) is 0. The molecule has 142 valence electrons. The molecule has 0 amide bonds. The van der Waals surface area contributed by atoms with E-state index in [2.05, 4.69) is 21.2 Å². The first-order valence-corrected chi connectivity index (χ1v) is 9.50. The van der Waals surface area contributed by atoms with Gasteiger partial charge >= 0.3 is 0 Å². The Labute approximate surface area is 167 Å². The predicted octanol–water partition coefficient (Wildman–Crippen LogP) is 4.97. The number of nitrogens with two attached hydrogens (primary N) is 1. The van der Waals surface area contributed by atoms with Gasteiger partial charge in [-0.3, -0.25) is 10.1 Å². The predicted molar refractivity (Wildman–Crippen MR) is 112 cm³/mol. The van der Waals surface area contributed by atoms with E-state index in [0.717, 1.165) is 26.7 Å². The summed E-state index contributed by atoms with van der Waals surface area (Å²) in [6.07, 6.45) is 0. The van der Waals surface area contributed by atoms with Crippen LogP contribution in [0.25, 0.3) is 43.3 Å². The van der Waals surface area contributed by atoms with Crippen molar-refractivity contribution in [1.29, 1.82) is 0 Å². The van der Waals surface area contributed by atoms with Crippen LogP contribution < -0.4 is 5.73 Å². The van der Waals surface area contributed by atoms with E-state index in [1.165, 1.54) is 17.4 Å². The molecule has 0 atom stereocenters. The Hall–Kier alpha value is -3.85. The van der Waals surface area contributed by atoms with Crippen molar-refractivity contribution in [3.05, 3.63) is 64.2 Å². The van der Waals surface area contributed by atoms with Crippen molar-refractivity contribution < 1.29 is 9.34 Å². The van der Waals surface area contributed by atoms with Crippen LogP contribution in [0.4, 0.5) is 11.4 Å². The van der Waals surface area contributed by atoms with Gasteiger partial charge in [0.2, 0.25) is 0 Å². The third-order valence-corrected chi connectivity index (χ3v) is 5.72. The smallest absolute Gasteiger partial charge is 0.282 e. The molecular weight excluding hydrogens is 390 g/mol. The monoisotopic (exact) mass is 403 g/mol. The number of aryl methyl sites for hydroxylation is 1. The Kier molecular flexibility index (Phi) is 3.78. The van der Waals surface area contributed by atoms with Crippen LogP contribution in [0.3, 0.4) is 0 Å². The number of hydrogen-bond donors (Lipinski definition) is 1. The number of thiophene rings is 1. The van der Waals surface area contributed by atoms with E-state index in [9.17, 15) is 10.1 Å². The van der Waals surface area contributed by atoms with Gasteiger partial charge in [-0.2, -0.15) is 0 Å². The molecule has 0 radical (unpaired) electrons. The number of nitrogens with zero attached hydrogens (tertiary/aromatic N) is 4. The Balaban J connectivity index is 1.65. The average molecular weight is 403 g/mol. The van der Waals surface area contributed by atoms with Crippen molar-refractivity contribution in [3.63, 3.8) is 0 Å². The second-order valence-electron chi connectivity index (χ2n) is 6.57. The topological polar surface area (TPSA) is 121 Å². The van der Waals surface area contributed by atoms with Gasteiger partial charge in [0, 0.05) is 16.8 Å². The Bertz CT molecular complexity index is 1420. The van der Waals surface area contributed by atoms with Gasteiger partial charge in [0.15, 0.2) is 0 Å². The van der Waals surface area contributed by atoms with Crippen LogP contribution in [-0.2, 0) is 0 Å². The molecule has 3 heterocycles. The minimum absolute atomic E-state index is 0.0675. The SMILES string of the molecule is Cc1ccc2nc3sc(-c4nnc(-c5ccccc5[N+](=O)[O-])o4)c(N)c3cc2c1. The van der Waals surface area contributed by atoms with Crippen LogP contribution in [0.1, 0.15) is 5.56 Å². The number of fused-ring (bicyclic) bond motifs is 2. The molecule has 2 aromatic carbocycles. The van der Waals surface area contributed by atoms with E-state index < -0.39 is 4.92 Å². The lowest BCUT2D eigenvalue weighted by atomic mass is 10.1. The van der Waals surface area contributed by atoms with E-state index >= 15 is 0 Å². The third-order valence-electron chi connectivity index (χ3n) is 4.62. The Morgan fingerprint density at radius 2 is 1.90 bits per heavy atom. The summed E-state index contributed by atoms with van der Waals surface area (Å²) < 4.78 is 5.75. The maximum absolute atomic E-state index is 11.3. The quantitative estimate of drug-likeness (QED) is 0.333. The lowest BCUT2D eigenvalue weighted by Gasteiger charge is -1.99. The molecule has 9 heteroatoms. The zero-order chi connectivity index (χ0) is 20.1. The van der Waals surface area contributed by atoms with Crippen molar-refractivity contribution in [2.45, 2.75) is 6.92 Å². The maximum Gasteiger partial charge on any atom is 0.282 e. The molecule has 2 N–H and O–H groups in total. The summed E-state index contributed by atoms with van der Waals surface area (Å²) in [5.74, 6) is 0.275. The molecule has 0 saturated heterocycles. The second kappa shape index (κ2) is 6.35. The summed E-state index contributed by atoms with van der Waals surface area (Å²) in [4.78, 5) is 16.8. The largest absolute Gasteiger partial charge is 0.415 e. The van der Waals surface area contributed by atoms with E-state index in [1.54, 1.807) is 18.2 Å². The van der Waals surface area contributed by atoms with Crippen molar-refractivity contribution >= 4 is 43.8 Å². The zero-order valence-corrected chi connectivity index (χ0v) is 15.9. The average Bonchev–Trinajstić information content (AvgIpc) is 3.31. The normalized spacial score (nSPS) is 11.3. The lowest BCUT2D eigenvalue weighted by molar-refractivity contribution is -0.384. The summed E-state index contributed by atoms with van der Waals surface area (Å²) in [5.41, 5.74) is 9.03. The van der Waals surface area contributed by atoms with Gasteiger partial charge in [0.25, 0.3) is 17.5 Å². The maximum atomic E-state index is 11.3. The summed E-state index contributed by atoms with van der Waals surface area (Å²) >= 11 is 1.35. The van der Waals surface area contributed by atoms with E-state index in [4.69, 9.17) is 10.2 Å². The molecule has 5 aromatic rings. The number of benzene rings is 2. The Morgan fingerprint density at radius 3 is 2.72 bits per heavy atom. The fourth-order valence-electron chi connectivity index (χ4n) is 3.22. The molecule has 8 nitrogen and oxygen atoms in total. The van der Waals surface area contributed by atoms with Crippen molar-refractivity contribution in [2.24, 2.45) is 0 Å². The molecule has 0 spiro atoms. The van der Waals surface area contributed by atoms with Crippen molar-refractivity contribution in [1.82, 2.24) is 15.2 Å². The number of aromatic nitrogens is 3. The van der Waals surface area contributed by atoms with Crippen LogP contribution in [0.15, 0.2) is 52.9 Å².